The lowest BCUT2D eigenvalue weighted by Gasteiger charge is -2.05. The van der Waals surface area contributed by atoms with Gasteiger partial charge in [0.1, 0.15) is 0 Å². The first-order chi connectivity index (χ1) is 7.31. The highest BCUT2D eigenvalue weighted by Crippen LogP contribution is 1.81. The predicted molar refractivity (Wildman–Crippen MR) is 60.3 cm³/mol. The van der Waals surface area contributed by atoms with E-state index in [1.807, 2.05) is 0 Å². The van der Waals surface area contributed by atoms with Crippen molar-refractivity contribution in [1.82, 2.24) is 10.6 Å². The third kappa shape index (κ3) is 10.6. The molecule has 0 unspecified atom stereocenters. The smallest absolute Gasteiger partial charge is 0.234 e. The number of amides is 1. The molecule has 0 aliphatic carbocycles. The van der Waals surface area contributed by atoms with E-state index in [0.29, 0.717) is 26.3 Å². The topological polar surface area (TPSA) is 50.4 Å². The molecule has 0 bridgehead atoms. The molecule has 0 aromatic rings. The highest BCUT2D eigenvalue weighted by atomic mass is 16.5. The van der Waals surface area contributed by atoms with Crippen molar-refractivity contribution in [1.29, 1.82) is 0 Å². The Balaban J connectivity index is 3.17. The maximum absolute atomic E-state index is 11.1. The Bertz CT molecular complexity index is 221. The van der Waals surface area contributed by atoms with Crippen LogP contribution in [0.1, 0.15) is 6.42 Å². The van der Waals surface area contributed by atoms with Crippen LogP contribution in [0.15, 0.2) is 12.7 Å². The van der Waals surface area contributed by atoms with Crippen molar-refractivity contribution >= 4 is 5.91 Å². The van der Waals surface area contributed by atoms with Crippen molar-refractivity contribution < 1.29 is 9.53 Å². The fraction of sp³-hybridized carbons (Fsp3) is 0.545. The van der Waals surface area contributed by atoms with Crippen LogP contribution in [0.5, 0.6) is 0 Å². The zero-order valence-corrected chi connectivity index (χ0v) is 8.92. The average molecular weight is 210 g/mol. The number of hydrogen-bond donors (Lipinski definition) is 2. The van der Waals surface area contributed by atoms with Crippen molar-refractivity contribution in [2.75, 3.05) is 32.8 Å². The molecule has 0 rings (SSSR count). The SMILES string of the molecule is C#CCNCC(=O)NCCOCCC=C. The number of terminal acetylenes is 1. The zero-order chi connectivity index (χ0) is 11.4. The van der Waals surface area contributed by atoms with E-state index in [4.69, 9.17) is 11.2 Å². The molecular formula is C11H18N2O2. The molecule has 0 aromatic heterocycles. The van der Waals surface area contributed by atoms with Gasteiger partial charge in [-0.1, -0.05) is 12.0 Å². The van der Waals surface area contributed by atoms with E-state index in [1.54, 1.807) is 6.08 Å². The van der Waals surface area contributed by atoms with Gasteiger partial charge in [-0.25, -0.2) is 0 Å². The molecule has 0 fully saturated rings. The van der Waals surface area contributed by atoms with Crippen molar-refractivity contribution in [3.63, 3.8) is 0 Å². The molecule has 4 nitrogen and oxygen atoms in total. The van der Waals surface area contributed by atoms with Crippen molar-refractivity contribution in [3.8, 4) is 12.3 Å². The van der Waals surface area contributed by atoms with Crippen molar-refractivity contribution in [2.24, 2.45) is 0 Å². The fourth-order valence-corrected chi connectivity index (χ4v) is 0.842. The molecule has 0 saturated carbocycles. The van der Waals surface area contributed by atoms with Gasteiger partial charge in [0.25, 0.3) is 0 Å². The van der Waals surface area contributed by atoms with Gasteiger partial charge in [0.15, 0.2) is 0 Å². The molecule has 1 amide bonds. The number of carbonyl (C=O) groups excluding carboxylic acids is 1. The van der Waals surface area contributed by atoms with Gasteiger partial charge in [-0.3, -0.25) is 10.1 Å². The second-order valence-corrected chi connectivity index (χ2v) is 2.85. The molecule has 0 heterocycles. The largest absolute Gasteiger partial charge is 0.379 e. The van der Waals surface area contributed by atoms with E-state index in [2.05, 4.69) is 23.1 Å². The molecule has 0 spiro atoms. The van der Waals surface area contributed by atoms with E-state index < -0.39 is 0 Å². The zero-order valence-electron chi connectivity index (χ0n) is 8.92. The predicted octanol–water partition coefficient (Wildman–Crippen LogP) is -0.0819. The molecule has 0 atom stereocenters. The molecule has 15 heavy (non-hydrogen) atoms. The van der Waals surface area contributed by atoms with E-state index >= 15 is 0 Å². The van der Waals surface area contributed by atoms with E-state index in [0.717, 1.165) is 6.42 Å². The minimum Gasteiger partial charge on any atom is -0.379 e. The van der Waals surface area contributed by atoms with Crippen LogP contribution in [0.3, 0.4) is 0 Å². The first-order valence-corrected chi connectivity index (χ1v) is 4.90. The molecule has 4 heteroatoms. The molecule has 2 N–H and O–H groups in total. The highest BCUT2D eigenvalue weighted by Gasteiger charge is 1.97. The Kier molecular flexibility index (Phi) is 9.83. The third-order valence-electron chi connectivity index (χ3n) is 1.55. The van der Waals surface area contributed by atoms with Gasteiger partial charge < -0.3 is 10.1 Å². The maximum atomic E-state index is 11.1. The standard InChI is InChI=1S/C11H18N2O2/c1-3-5-8-15-9-7-13-11(14)10-12-6-4-2/h2-3,12H,1,5-10H2,(H,13,14). The van der Waals surface area contributed by atoms with Gasteiger partial charge >= 0.3 is 0 Å². The molecule has 0 aliphatic rings. The van der Waals surface area contributed by atoms with Crippen LogP contribution < -0.4 is 10.6 Å². The summed E-state index contributed by atoms with van der Waals surface area (Å²) in [7, 11) is 0. The van der Waals surface area contributed by atoms with Crippen LogP contribution >= 0.6 is 0 Å². The van der Waals surface area contributed by atoms with Crippen LogP contribution in [0, 0.1) is 12.3 Å². The number of ether oxygens (including phenoxy) is 1. The fourth-order valence-electron chi connectivity index (χ4n) is 0.842. The average Bonchev–Trinajstić information content (AvgIpc) is 2.23. The van der Waals surface area contributed by atoms with Crippen LogP contribution in [0.25, 0.3) is 0 Å². The highest BCUT2D eigenvalue weighted by molar-refractivity contribution is 5.77. The Labute approximate surface area is 91.1 Å². The number of carbonyl (C=O) groups is 1. The number of hydrogen-bond acceptors (Lipinski definition) is 3. The summed E-state index contributed by atoms with van der Waals surface area (Å²) >= 11 is 0. The van der Waals surface area contributed by atoms with Gasteiger partial charge in [0, 0.05) is 6.54 Å². The maximum Gasteiger partial charge on any atom is 0.234 e. The lowest BCUT2D eigenvalue weighted by Crippen LogP contribution is -2.35. The van der Waals surface area contributed by atoms with Gasteiger partial charge in [0.2, 0.25) is 5.91 Å². The van der Waals surface area contributed by atoms with Gasteiger partial charge in [-0.05, 0) is 6.42 Å². The first kappa shape index (κ1) is 13.7. The second-order valence-electron chi connectivity index (χ2n) is 2.85. The Hall–Kier alpha value is -1.31. The van der Waals surface area contributed by atoms with Crippen LogP contribution in [-0.2, 0) is 9.53 Å². The molecule has 0 aromatic carbocycles. The third-order valence-corrected chi connectivity index (χ3v) is 1.55. The summed E-state index contributed by atoms with van der Waals surface area (Å²) in [6.07, 6.45) is 7.64. The summed E-state index contributed by atoms with van der Waals surface area (Å²) in [5.74, 6) is 2.32. The van der Waals surface area contributed by atoms with Crippen LogP contribution in [-0.4, -0.2) is 38.8 Å². The quantitative estimate of drug-likeness (QED) is 0.318. The summed E-state index contributed by atoms with van der Waals surface area (Å²) in [4.78, 5) is 11.1. The van der Waals surface area contributed by atoms with E-state index in [9.17, 15) is 4.79 Å². The van der Waals surface area contributed by atoms with Crippen molar-refractivity contribution in [3.05, 3.63) is 12.7 Å². The minimum atomic E-state index is -0.0717. The van der Waals surface area contributed by atoms with Crippen molar-refractivity contribution in [2.45, 2.75) is 6.42 Å². The van der Waals surface area contributed by atoms with Crippen LogP contribution in [0.2, 0.25) is 0 Å². The molecule has 0 saturated heterocycles. The number of rotatable bonds is 9. The first-order valence-electron chi connectivity index (χ1n) is 4.90. The molecule has 84 valence electrons. The monoisotopic (exact) mass is 210 g/mol. The molecule has 0 radical (unpaired) electrons. The summed E-state index contributed by atoms with van der Waals surface area (Å²) in [6, 6.07) is 0. The number of nitrogens with one attached hydrogen (secondary N) is 2. The Morgan fingerprint density at radius 3 is 3.00 bits per heavy atom. The van der Waals surface area contributed by atoms with E-state index in [-0.39, 0.29) is 12.5 Å². The Morgan fingerprint density at radius 1 is 1.53 bits per heavy atom. The normalized spacial score (nSPS) is 9.27. The van der Waals surface area contributed by atoms with E-state index in [1.165, 1.54) is 0 Å². The molecular weight excluding hydrogens is 192 g/mol. The Morgan fingerprint density at radius 2 is 2.33 bits per heavy atom. The molecule has 0 aliphatic heterocycles. The van der Waals surface area contributed by atoms with Gasteiger partial charge in [-0.2, -0.15) is 0 Å². The summed E-state index contributed by atoms with van der Waals surface area (Å²) in [5, 5.41) is 5.49. The lowest BCUT2D eigenvalue weighted by atomic mass is 10.4. The van der Waals surface area contributed by atoms with Gasteiger partial charge in [0.05, 0.1) is 26.3 Å². The summed E-state index contributed by atoms with van der Waals surface area (Å²) in [5.41, 5.74) is 0. The summed E-state index contributed by atoms with van der Waals surface area (Å²) in [6.45, 7) is 5.92. The van der Waals surface area contributed by atoms with Crippen LogP contribution in [0.4, 0.5) is 0 Å². The summed E-state index contributed by atoms with van der Waals surface area (Å²) < 4.78 is 5.21. The van der Waals surface area contributed by atoms with Gasteiger partial charge in [-0.15, -0.1) is 13.0 Å². The second kappa shape index (κ2) is 10.8. The minimum absolute atomic E-state index is 0.0717. The lowest BCUT2D eigenvalue weighted by molar-refractivity contribution is -0.120.